The van der Waals surface area contributed by atoms with Crippen molar-refractivity contribution in [3.05, 3.63) is 68.5 Å². The highest BCUT2D eigenvalue weighted by atomic mass is 35.5. The van der Waals surface area contributed by atoms with Crippen molar-refractivity contribution >= 4 is 28.5 Å². The molecule has 1 saturated heterocycles. The second-order valence-corrected chi connectivity index (χ2v) is 9.23. The number of fused-ring (bicyclic) bond motifs is 2. The molecule has 3 heterocycles. The molecule has 8 heteroatoms. The lowest BCUT2D eigenvalue weighted by Gasteiger charge is -2.28. The molecule has 184 valence electrons. The third-order valence-corrected chi connectivity index (χ3v) is 6.63. The number of hydrogen-bond donors (Lipinski definition) is 0. The largest absolute Gasteiger partial charge is 0.490 e. The van der Waals surface area contributed by atoms with Crippen LogP contribution in [0.2, 0.25) is 5.02 Å². The Balaban J connectivity index is 1.66. The molecule has 0 radical (unpaired) electrons. The fraction of sp³-hybridized carbons (Fsp3) is 0.407. The highest BCUT2D eigenvalue weighted by Crippen LogP contribution is 2.41. The van der Waals surface area contributed by atoms with E-state index in [4.69, 9.17) is 30.2 Å². The molecule has 0 N–H and O–H groups in total. The second-order valence-electron chi connectivity index (χ2n) is 8.80. The summed E-state index contributed by atoms with van der Waals surface area (Å²) in [7, 11) is 0. The summed E-state index contributed by atoms with van der Waals surface area (Å²) in [6.45, 7) is 5.99. The van der Waals surface area contributed by atoms with Gasteiger partial charge in [-0.2, -0.15) is 0 Å². The van der Waals surface area contributed by atoms with Crippen LogP contribution in [0, 0.1) is 0 Å². The molecule has 0 saturated carbocycles. The molecular weight excluding hydrogens is 470 g/mol. The van der Waals surface area contributed by atoms with Gasteiger partial charge in [-0.05, 0) is 62.1 Å². The van der Waals surface area contributed by atoms with Gasteiger partial charge in [0.1, 0.15) is 5.58 Å². The number of benzene rings is 2. The topological polar surface area (TPSA) is 78.2 Å². The lowest BCUT2D eigenvalue weighted by molar-refractivity contribution is 0.0486. The summed E-state index contributed by atoms with van der Waals surface area (Å²) in [4.78, 5) is 29.0. The lowest BCUT2D eigenvalue weighted by Crippen LogP contribution is -2.36. The van der Waals surface area contributed by atoms with Crippen LogP contribution in [0.5, 0.6) is 11.5 Å². The van der Waals surface area contributed by atoms with E-state index in [1.54, 1.807) is 23.1 Å². The minimum Gasteiger partial charge on any atom is -0.490 e. The van der Waals surface area contributed by atoms with Crippen molar-refractivity contribution in [3.8, 4) is 11.5 Å². The van der Waals surface area contributed by atoms with Crippen LogP contribution in [0.25, 0.3) is 11.0 Å². The average Bonchev–Trinajstić information content (AvgIpc) is 3.46. The van der Waals surface area contributed by atoms with E-state index in [1.165, 1.54) is 0 Å². The van der Waals surface area contributed by atoms with Crippen LogP contribution in [-0.2, 0) is 4.74 Å². The van der Waals surface area contributed by atoms with Crippen molar-refractivity contribution in [3.63, 3.8) is 0 Å². The number of ether oxygens (including phenoxy) is 3. The molecule has 2 atom stereocenters. The van der Waals surface area contributed by atoms with E-state index in [0.717, 1.165) is 24.8 Å². The van der Waals surface area contributed by atoms with Gasteiger partial charge in [-0.1, -0.05) is 24.6 Å². The van der Waals surface area contributed by atoms with Gasteiger partial charge in [0, 0.05) is 18.2 Å². The molecule has 0 aliphatic carbocycles. The van der Waals surface area contributed by atoms with E-state index >= 15 is 0 Å². The average molecular weight is 498 g/mol. The monoisotopic (exact) mass is 497 g/mol. The molecule has 1 aromatic heterocycles. The standard InChI is InChI=1S/C27H28ClNO6/c1-3-11-34-21-9-7-16(13-22(21)32-4-2)24-23-25(30)19-14-17(28)8-10-20(19)35-26(23)27(31)29(24)15-18-6-5-12-33-18/h7-10,13-14,18,24H,3-6,11-12,15H2,1-2H3. The zero-order valence-electron chi connectivity index (χ0n) is 19.8. The number of carbonyl (C=O) groups excluding carboxylic acids is 1. The zero-order chi connectivity index (χ0) is 24.5. The summed E-state index contributed by atoms with van der Waals surface area (Å²) < 4.78 is 23.6. The minimum atomic E-state index is -0.638. The SMILES string of the molecule is CCCOc1ccc(C2c3c(oc4ccc(Cl)cc4c3=O)C(=O)N2CC2CCCO2)cc1OCC. The second kappa shape index (κ2) is 9.91. The van der Waals surface area contributed by atoms with Gasteiger partial charge < -0.3 is 23.5 Å². The molecule has 3 aromatic rings. The van der Waals surface area contributed by atoms with Crippen LogP contribution in [-0.4, -0.2) is 43.3 Å². The highest BCUT2D eigenvalue weighted by Gasteiger charge is 2.44. The van der Waals surface area contributed by atoms with E-state index in [9.17, 15) is 9.59 Å². The summed E-state index contributed by atoms with van der Waals surface area (Å²) in [6.07, 6.45) is 2.58. The van der Waals surface area contributed by atoms with Crippen molar-refractivity contribution < 1.29 is 23.4 Å². The maximum Gasteiger partial charge on any atom is 0.291 e. The molecule has 0 spiro atoms. The maximum atomic E-state index is 13.7. The Morgan fingerprint density at radius 2 is 1.94 bits per heavy atom. The number of halogens is 1. The van der Waals surface area contributed by atoms with E-state index in [0.29, 0.717) is 59.4 Å². The molecule has 5 rings (SSSR count). The van der Waals surface area contributed by atoms with Gasteiger partial charge in [-0.15, -0.1) is 0 Å². The summed E-state index contributed by atoms with van der Waals surface area (Å²) in [5.74, 6) is 0.949. The van der Waals surface area contributed by atoms with Crippen LogP contribution in [0.15, 0.2) is 45.6 Å². The van der Waals surface area contributed by atoms with Gasteiger partial charge in [-0.3, -0.25) is 9.59 Å². The van der Waals surface area contributed by atoms with Crippen LogP contribution in [0.1, 0.15) is 60.8 Å². The molecule has 35 heavy (non-hydrogen) atoms. The predicted octanol–water partition coefficient (Wildman–Crippen LogP) is 5.36. The molecule has 1 fully saturated rings. The molecule has 1 amide bonds. The molecular formula is C27H28ClNO6. The van der Waals surface area contributed by atoms with E-state index in [-0.39, 0.29) is 23.2 Å². The highest BCUT2D eigenvalue weighted by molar-refractivity contribution is 6.31. The Labute approximate surface area is 208 Å². The molecule has 2 aliphatic rings. The number of carbonyl (C=O) groups is 1. The van der Waals surface area contributed by atoms with Crippen LogP contribution in [0.4, 0.5) is 0 Å². The van der Waals surface area contributed by atoms with Gasteiger partial charge in [0.25, 0.3) is 5.91 Å². The molecule has 2 aliphatic heterocycles. The molecule has 2 unspecified atom stereocenters. The van der Waals surface area contributed by atoms with E-state index < -0.39 is 6.04 Å². The minimum absolute atomic E-state index is 0.0667. The quantitative estimate of drug-likeness (QED) is 0.417. The predicted molar refractivity (Wildman–Crippen MR) is 133 cm³/mol. The zero-order valence-corrected chi connectivity index (χ0v) is 20.6. The smallest absolute Gasteiger partial charge is 0.291 e. The van der Waals surface area contributed by atoms with E-state index in [1.807, 2.05) is 32.0 Å². The first-order valence-corrected chi connectivity index (χ1v) is 12.5. The first-order chi connectivity index (χ1) is 17.0. The maximum absolute atomic E-state index is 13.7. The lowest BCUT2D eigenvalue weighted by atomic mass is 9.97. The molecule has 0 bridgehead atoms. The van der Waals surface area contributed by atoms with Gasteiger partial charge >= 0.3 is 0 Å². The number of hydrogen-bond acceptors (Lipinski definition) is 6. The van der Waals surface area contributed by atoms with Crippen molar-refractivity contribution in [1.82, 2.24) is 4.90 Å². The van der Waals surface area contributed by atoms with Crippen LogP contribution >= 0.6 is 11.6 Å². The Kier molecular flexibility index (Phi) is 6.71. The van der Waals surface area contributed by atoms with Crippen molar-refractivity contribution in [1.29, 1.82) is 0 Å². The fourth-order valence-electron chi connectivity index (χ4n) is 4.83. The summed E-state index contributed by atoms with van der Waals surface area (Å²) in [6, 6.07) is 9.78. The van der Waals surface area contributed by atoms with Gasteiger partial charge in [0.15, 0.2) is 16.9 Å². The summed E-state index contributed by atoms with van der Waals surface area (Å²) in [5, 5.41) is 0.777. The van der Waals surface area contributed by atoms with Gasteiger partial charge in [0.05, 0.1) is 36.3 Å². The van der Waals surface area contributed by atoms with Crippen molar-refractivity contribution in [2.75, 3.05) is 26.4 Å². The fourth-order valence-corrected chi connectivity index (χ4v) is 5.00. The first-order valence-electron chi connectivity index (χ1n) is 12.1. The van der Waals surface area contributed by atoms with Crippen LogP contribution < -0.4 is 14.9 Å². The molecule has 7 nitrogen and oxygen atoms in total. The van der Waals surface area contributed by atoms with Crippen molar-refractivity contribution in [2.45, 2.75) is 45.3 Å². The number of amides is 1. The Morgan fingerprint density at radius 1 is 1.09 bits per heavy atom. The Hall–Kier alpha value is -3.03. The summed E-state index contributed by atoms with van der Waals surface area (Å²) in [5.41, 5.74) is 1.13. The normalized spacial score (nSPS) is 19.4. The van der Waals surface area contributed by atoms with Crippen molar-refractivity contribution in [2.24, 2.45) is 0 Å². The Morgan fingerprint density at radius 3 is 2.69 bits per heavy atom. The number of nitrogens with zero attached hydrogens (tertiary/aromatic N) is 1. The molecule has 2 aromatic carbocycles. The third-order valence-electron chi connectivity index (χ3n) is 6.40. The summed E-state index contributed by atoms with van der Waals surface area (Å²) >= 11 is 6.18. The number of rotatable bonds is 8. The van der Waals surface area contributed by atoms with Crippen LogP contribution in [0.3, 0.4) is 0 Å². The van der Waals surface area contributed by atoms with Gasteiger partial charge in [0.2, 0.25) is 5.76 Å². The van der Waals surface area contributed by atoms with E-state index in [2.05, 4.69) is 0 Å². The first kappa shape index (κ1) is 23.7. The Bertz CT molecular complexity index is 1310. The van der Waals surface area contributed by atoms with Gasteiger partial charge in [-0.25, -0.2) is 0 Å². The third kappa shape index (κ3) is 4.39.